The number of benzene rings is 2. The lowest BCUT2D eigenvalue weighted by atomic mass is 10.1. The monoisotopic (exact) mass is 381 g/mol. The van der Waals surface area contributed by atoms with Gasteiger partial charge in [-0.2, -0.15) is 0 Å². The van der Waals surface area contributed by atoms with Gasteiger partial charge in [0.2, 0.25) is 5.91 Å². The summed E-state index contributed by atoms with van der Waals surface area (Å²) in [6, 6.07) is 11.0. The molecular formula is C18H13N4O6-. The van der Waals surface area contributed by atoms with Gasteiger partial charge >= 0.3 is 6.03 Å². The molecule has 2 aromatic rings. The highest BCUT2D eigenvalue weighted by Gasteiger charge is 2.35. The number of carbonyl (C=O) groups excluding carboxylic acids is 3. The summed E-state index contributed by atoms with van der Waals surface area (Å²) in [4.78, 5) is 47.2. The number of nitro groups is 1. The Bertz CT molecular complexity index is 1000. The molecule has 28 heavy (non-hydrogen) atoms. The molecule has 2 aromatic carbocycles. The maximum Gasteiger partial charge on any atom is 0.329 e. The Balaban J connectivity index is 1.74. The minimum absolute atomic E-state index is 0.162. The first-order chi connectivity index (χ1) is 13.3. The van der Waals surface area contributed by atoms with Crippen molar-refractivity contribution in [1.82, 2.24) is 10.2 Å². The second-order valence-electron chi connectivity index (χ2n) is 5.78. The van der Waals surface area contributed by atoms with E-state index in [1.54, 1.807) is 30.3 Å². The molecule has 1 aliphatic rings. The first-order valence-electron chi connectivity index (χ1n) is 8.00. The average molecular weight is 381 g/mol. The molecule has 0 unspecified atom stereocenters. The van der Waals surface area contributed by atoms with Gasteiger partial charge in [-0.1, -0.05) is 30.3 Å². The smallest absolute Gasteiger partial charge is 0.329 e. The molecule has 0 bridgehead atoms. The number of urea groups is 1. The molecule has 1 heterocycles. The van der Waals surface area contributed by atoms with E-state index in [-0.39, 0.29) is 11.3 Å². The predicted octanol–water partition coefficient (Wildman–Crippen LogP) is 1.20. The number of nitro benzene ring substituents is 1. The molecule has 10 heteroatoms. The van der Waals surface area contributed by atoms with Gasteiger partial charge in [-0.15, -0.1) is 0 Å². The van der Waals surface area contributed by atoms with Gasteiger partial charge in [-0.3, -0.25) is 19.7 Å². The van der Waals surface area contributed by atoms with Crippen molar-refractivity contribution in [3.63, 3.8) is 0 Å². The molecule has 10 nitrogen and oxygen atoms in total. The molecular weight excluding hydrogens is 368 g/mol. The van der Waals surface area contributed by atoms with Crippen molar-refractivity contribution < 1.29 is 24.4 Å². The van der Waals surface area contributed by atoms with Gasteiger partial charge in [0, 0.05) is 11.8 Å². The molecule has 3 rings (SSSR count). The van der Waals surface area contributed by atoms with Crippen LogP contribution in [-0.4, -0.2) is 34.2 Å². The Labute approximate surface area is 158 Å². The van der Waals surface area contributed by atoms with Crippen LogP contribution in [0.3, 0.4) is 0 Å². The van der Waals surface area contributed by atoms with Crippen molar-refractivity contribution in [3.05, 3.63) is 69.9 Å². The fourth-order valence-corrected chi connectivity index (χ4v) is 2.51. The zero-order chi connectivity index (χ0) is 20.3. The first kappa shape index (κ1) is 18.6. The molecule has 142 valence electrons. The van der Waals surface area contributed by atoms with Crippen molar-refractivity contribution in [2.75, 3.05) is 11.9 Å². The topological polar surface area (TPSA) is 145 Å². The first-order valence-corrected chi connectivity index (χ1v) is 8.00. The summed E-state index contributed by atoms with van der Waals surface area (Å²) in [5.41, 5.74) is -0.110. The Morgan fingerprint density at radius 2 is 1.89 bits per heavy atom. The van der Waals surface area contributed by atoms with Crippen LogP contribution in [-0.2, 0) is 9.59 Å². The Morgan fingerprint density at radius 1 is 1.18 bits per heavy atom. The third-order valence-electron chi connectivity index (χ3n) is 3.81. The normalized spacial score (nSPS) is 14.9. The van der Waals surface area contributed by atoms with E-state index in [9.17, 15) is 29.6 Å². The van der Waals surface area contributed by atoms with Crippen LogP contribution in [0.5, 0.6) is 5.75 Å². The van der Waals surface area contributed by atoms with Gasteiger partial charge < -0.3 is 15.7 Å². The van der Waals surface area contributed by atoms with E-state index < -0.39 is 40.8 Å². The van der Waals surface area contributed by atoms with Crippen LogP contribution in [0.15, 0.2) is 54.2 Å². The largest absolute Gasteiger partial charge is 0.868 e. The highest BCUT2D eigenvalue weighted by atomic mass is 16.6. The number of hydrogen-bond donors (Lipinski definition) is 2. The van der Waals surface area contributed by atoms with Crippen molar-refractivity contribution in [2.24, 2.45) is 0 Å². The van der Waals surface area contributed by atoms with Crippen LogP contribution in [0.1, 0.15) is 5.56 Å². The molecule has 0 saturated carbocycles. The lowest BCUT2D eigenvalue weighted by molar-refractivity contribution is -0.398. The Kier molecular flexibility index (Phi) is 5.03. The third kappa shape index (κ3) is 3.96. The lowest BCUT2D eigenvalue weighted by Crippen LogP contribution is -2.38. The van der Waals surface area contributed by atoms with Crippen LogP contribution in [0, 0.1) is 10.1 Å². The Morgan fingerprint density at radius 3 is 2.57 bits per heavy atom. The molecule has 1 fully saturated rings. The zero-order valence-corrected chi connectivity index (χ0v) is 14.2. The van der Waals surface area contributed by atoms with E-state index in [0.29, 0.717) is 10.6 Å². The van der Waals surface area contributed by atoms with Crippen LogP contribution < -0.4 is 15.7 Å². The van der Waals surface area contributed by atoms with E-state index in [2.05, 4.69) is 10.6 Å². The van der Waals surface area contributed by atoms with E-state index >= 15 is 0 Å². The van der Waals surface area contributed by atoms with Crippen molar-refractivity contribution in [1.29, 1.82) is 0 Å². The third-order valence-corrected chi connectivity index (χ3v) is 3.81. The fourth-order valence-electron chi connectivity index (χ4n) is 2.51. The molecule has 0 spiro atoms. The SMILES string of the molecule is O=C(CN1C(=O)N/C(=C/c2ccc([O-])c([N+](=O)[O-])c2)C1=O)Nc1ccccc1. The summed E-state index contributed by atoms with van der Waals surface area (Å²) in [6.45, 7) is -0.503. The van der Waals surface area contributed by atoms with Crippen LogP contribution in [0.2, 0.25) is 0 Å². The highest BCUT2D eigenvalue weighted by molar-refractivity contribution is 6.15. The molecule has 1 saturated heterocycles. The molecule has 0 radical (unpaired) electrons. The molecule has 0 aromatic heterocycles. The molecule has 1 aliphatic heterocycles. The van der Waals surface area contributed by atoms with E-state index in [0.717, 1.165) is 12.1 Å². The minimum Gasteiger partial charge on any atom is -0.868 e. The summed E-state index contributed by atoms with van der Waals surface area (Å²) in [7, 11) is 0. The lowest BCUT2D eigenvalue weighted by Gasteiger charge is -2.11. The van der Waals surface area contributed by atoms with Crippen LogP contribution >= 0.6 is 0 Å². The summed E-state index contributed by atoms with van der Waals surface area (Å²) >= 11 is 0. The van der Waals surface area contributed by atoms with Crippen molar-refractivity contribution >= 4 is 35.3 Å². The summed E-state index contributed by atoms with van der Waals surface area (Å²) in [6.07, 6.45) is 1.20. The van der Waals surface area contributed by atoms with Gasteiger partial charge in [0.1, 0.15) is 12.2 Å². The quantitative estimate of drug-likeness (QED) is 0.344. The van der Waals surface area contributed by atoms with Gasteiger partial charge in [-0.25, -0.2) is 9.69 Å². The van der Waals surface area contributed by atoms with Gasteiger partial charge in [0.05, 0.1) is 4.92 Å². The number of imide groups is 1. The molecule has 0 aliphatic carbocycles. The summed E-state index contributed by atoms with van der Waals surface area (Å²) in [5, 5.41) is 27.1. The zero-order valence-electron chi connectivity index (χ0n) is 14.2. The molecule has 0 atom stereocenters. The average Bonchev–Trinajstić information content (AvgIpc) is 2.91. The van der Waals surface area contributed by atoms with Crippen molar-refractivity contribution in [3.8, 4) is 5.75 Å². The van der Waals surface area contributed by atoms with Crippen LogP contribution in [0.25, 0.3) is 6.08 Å². The molecule has 2 N–H and O–H groups in total. The van der Waals surface area contributed by atoms with E-state index in [1.807, 2.05) is 0 Å². The van der Waals surface area contributed by atoms with Gasteiger partial charge in [-0.05, 0) is 29.5 Å². The fraction of sp³-hybridized carbons (Fsp3) is 0.0556. The number of amides is 4. The summed E-state index contributed by atoms with van der Waals surface area (Å²) in [5.74, 6) is -2.10. The van der Waals surface area contributed by atoms with Gasteiger partial charge in [0.15, 0.2) is 0 Å². The maximum atomic E-state index is 12.4. The van der Waals surface area contributed by atoms with E-state index in [1.165, 1.54) is 12.1 Å². The predicted molar refractivity (Wildman–Crippen MR) is 95.8 cm³/mol. The Hall–Kier alpha value is -4.21. The number of carbonyl (C=O) groups is 3. The number of para-hydroxylation sites is 1. The number of nitrogens with one attached hydrogen (secondary N) is 2. The maximum absolute atomic E-state index is 12.4. The highest BCUT2D eigenvalue weighted by Crippen LogP contribution is 2.25. The number of nitrogens with zero attached hydrogens (tertiary/aromatic N) is 2. The second kappa shape index (κ2) is 7.58. The van der Waals surface area contributed by atoms with Gasteiger partial charge in [0.25, 0.3) is 11.6 Å². The number of rotatable bonds is 5. The van der Waals surface area contributed by atoms with Crippen LogP contribution in [0.4, 0.5) is 16.2 Å². The molecule has 4 amide bonds. The standard InChI is InChI=1S/C18H14N4O6/c23-15-7-6-11(9-14(15)22(27)28)8-13-17(25)21(18(26)20-13)10-16(24)19-12-4-2-1-3-5-12/h1-9,23H,10H2,(H,19,24)(H,20,26)/p-1/b13-8+. The minimum atomic E-state index is -0.834. The second-order valence-corrected chi connectivity index (χ2v) is 5.78. The van der Waals surface area contributed by atoms with E-state index in [4.69, 9.17) is 0 Å². The number of anilines is 1. The van der Waals surface area contributed by atoms with Crippen molar-refractivity contribution in [2.45, 2.75) is 0 Å². The summed E-state index contributed by atoms with van der Waals surface area (Å²) < 4.78 is 0. The number of hydrogen-bond acceptors (Lipinski definition) is 6.